The lowest BCUT2D eigenvalue weighted by atomic mass is 10.1. The molecule has 1 saturated heterocycles. The second-order valence-corrected chi connectivity index (χ2v) is 8.49. The Morgan fingerprint density at radius 1 is 1.38 bits per heavy atom. The van der Waals surface area contributed by atoms with E-state index in [-0.39, 0.29) is 11.0 Å². The van der Waals surface area contributed by atoms with E-state index in [0.29, 0.717) is 26.1 Å². The Kier molecular flexibility index (Phi) is 6.88. The van der Waals surface area contributed by atoms with Crippen LogP contribution in [0.1, 0.15) is 24.2 Å². The number of ether oxygens (including phenoxy) is 1. The summed E-state index contributed by atoms with van der Waals surface area (Å²) >= 11 is 0. The highest BCUT2D eigenvalue weighted by atomic mass is 32.2. The number of nitrogens with one attached hydrogen (secondary N) is 1. The fourth-order valence-electron chi connectivity index (χ4n) is 3.21. The zero-order valence-corrected chi connectivity index (χ0v) is 17.6. The molecule has 1 aromatic heterocycles. The van der Waals surface area contributed by atoms with Crippen LogP contribution in [0.15, 0.2) is 46.5 Å². The van der Waals surface area contributed by atoms with E-state index < -0.39 is 10.0 Å². The molecule has 0 saturated carbocycles. The van der Waals surface area contributed by atoms with Crippen LogP contribution in [0.25, 0.3) is 0 Å². The molecular weight excluding hydrogens is 392 g/mol. The van der Waals surface area contributed by atoms with Crippen molar-refractivity contribution < 1.29 is 13.2 Å². The van der Waals surface area contributed by atoms with Crippen molar-refractivity contribution >= 4 is 16.0 Å². The summed E-state index contributed by atoms with van der Waals surface area (Å²) in [4.78, 5) is 7.07. The average Bonchev–Trinajstić information content (AvgIpc) is 3.13. The molecule has 10 heteroatoms. The fraction of sp³-hybridized carbons (Fsp3) is 0.474. The van der Waals surface area contributed by atoms with E-state index in [4.69, 9.17) is 14.9 Å². The summed E-state index contributed by atoms with van der Waals surface area (Å²) in [6, 6.07) is 6.60. The summed E-state index contributed by atoms with van der Waals surface area (Å²) < 4.78 is 30.4. The summed E-state index contributed by atoms with van der Waals surface area (Å²) in [6.45, 7) is 5.51. The van der Waals surface area contributed by atoms with Crippen LogP contribution in [-0.2, 0) is 28.2 Å². The first-order valence-corrected chi connectivity index (χ1v) is 11.2. The Labute approximate surface area is 171 Å². The van der Waals surface area contributed by atoms with Crippen LogP contribution in [-0.4, -0.2) is 61.8 Å². The summed E-state index contributed by atoms with van der Waals surface area (Å²) in [7, 11) is -1.77. The van der Waals surface area contributed by atoms with Crippen molar-refractivity contribution in [3.63, 3.8) is 0 Å². The zero-order valence-electron chi connectivity index (χ0n) is 16.8. The van der Waals surface area contributed by atoms with E-state index >= 15 is 0 Å². The van der Waals surface area contributed by atoms with Crippen LogP contribution < -0.4 is 10.5 Å². The van der Waals surface area contributed by atoms with E-state index in [9.17, 15) is 8.42 Å². The topological polar surface area (TPSA) is 115 Å². The standard InChI is InChI=1S/C19H28N6O3S/c1-3-21-19(22-9-8-15-4-6-17(7-5-15)29(20,26)27)25-10-11-28-18(14-25)16-12-23-24(2)13-16/h4-7,12-13,18H,3,8-11,14H2,1-2H3,(H,21,22)(H2,20,26,27). The minimum atomic E-state index is -3.66. The molecule has 0 spiro atoms. The summed E-state index contributed by atoms with van der Waals surface area (Å²) in [5.41, 5.74) is 2.07. The predicted molar refractivity (Wildman–Crippen MR) is 111 cm³/mol. The van der Waals surface area contributed by atoms with E-state index in [1.807, 2.05) is 26.4 Å². The predicted octanol–water partition coefficient (Wildman–Crippen LogP) is 0.649. The van der Waals surface area contributed by atoms with Gasteiger partial charge < -0.3 is 15.0 Å². The normalized spacial score (nSPS) is 18.1. The minimum Gasteiger partial charge on any atom is -0.370 e. The van der Waals surface area contributed by atoms with Gasteiger partial charge in [-0.2, -0.15) is 5.10 Å². The molecular formula is C19H28N6O3S. The number of benzene rings is 1. The first-order chi connectivity index (χ1) is 13.9. The molecule has 158 valence electrons. The molecule has 9 nitrogen and oxygen atoms in total. The number of rotatable bonds is 6. The number of guanidine groups is 1. The first-order valence-electron chi connectivity index (χ1n) is 9.62. The quantitative estimate of drug-likeness (QED) is 0.524. The zero-order chi connectivity index (χ0) is 20.9. The van der Waals surface area contributed by atoms with Crippen LogP contribution in [0, 0.1) is 0 Å². The van der Waals surface area contributed by atoms with Crippen LogP contribution in [0.2, 0.25) is 0 Å². The van der Waals surface area contributed by atoms with Crippen molar-refractivity contribution in [2.45, 2.75) is 24.3 Å². The summed E-state index contributed by atoms with van der Waals surface area (Å²) in [6.07, 6.45) is 4.48. The number of nitrogens with zero attached hydrogens (tertiary/aromatic N) is 4. The van der Waals surface area contributed by atoms with Gasteiger partial charge in [-0.25, -0.2) is 13.6 Å². The van der Waals surface area contributed by atoms with E-state index in [1.54, 1.807) is 16.8 Å². The molecule has 1 fully saturated rings. The maximum absolute atomic E-state index is 11.4. The van der Waals surface area contributed by atoms with Crippen LogP contribution in [0.3, 0.4) is 0 Å². The smallest absolute Gasteiger partial charge is 0.238 e. The van der Waals surface area contributed by atoms with Gasteiger partial charge in [-0.1, -0.05) is 12.1 Å². The number of sulfonamides is 1. The second kappa shape index (κ2) is 9.38. The molecule has 29 heavy (non-hydrogen) atoms. The molecule has 0 amide bonds. The van der Waals surface area contributed by atoms with E-state index in [1.165, 1.54) is 12.1 Å². The molecule has 1 aliphatic rings. The Hall–Kier alpha value is -2.43. The lowest BCUT2D eigenvalue weighted by Gasteiger charge is -2.34. The minimum absolute atomic E-state index is 0.0351. The molecule has 1 aliphatic heterocycles. The van der Waals surface area contributed by atoms with Gasteiger partial charge in [0, 0.05) is 38.4 Å². The van der Waals surface area contributed by atoms with Crippen LogP contribution >= 0.6 is 0 Å². The molecule has 3 rings (SSSR count). The van der Waals surface area contributed by atoms with Crippen LogP contribution in [0.4, 0.5) is 0 Å². The van der Waals surface area contributed by atoms with Crippen molar-refractivity contribution in [3.8, 4) is 0 Å². The molecule has 3 N–H and O–H groups in total. The van der Waals surface area contributed by atoms with Gasteiger partial charge in [-0.15, -0.1) is 0 Å². The van der Waals surface area contributed by atoms with Gasteiger partial charge in [0.05, 0.1) is 24.2 Å². The Bertz CT molecular complexity index is 939. The van der Waals surface area contributed by atoms with Crippen molar-refractivity contribution in [2.75, 3.05) is 32.8 Å². The molecule has 1 atom stereocenters. The van der Waals surface area contributed by atoms with Gasteiger partial charge >= 0.3 is 0 Å². The molecule has 1 aromatic carbocycles. The third-order valence-corrected chi connectivity index (χ3v) is 5.64. The third kappa shape index (κ3) is 5.78. The number of aromatic nitrogens is 2. The number of nitrogens with two attached hydrogens (primary N) is 1. The van der Waals surface area contributed by atoms with Crippen molar-refractivity contribution in [1.29, 1.82) is 0 Å². The monoisotopic (exact) mass is 420 g/mol. The maximum Gasteiger partial charge on any atom is 0.238 e. The van der Waals surface area contributed by atoms with Crippen molar-refractivity contribution in [3.05, 3.63) is 47.8 Å². The molecule has 2 aromatic rings. The van der Waals surface area contributed by atoms with E-state index in [2.05, 4.69) is 15.3 Å². The lowest BCUT2D eigenvalue weighted by Crippen LogP contribution is -2.48. The van der Waals surface area contributed by atoms with Gasteiger partial charge in [-0.3, -0.25) is 9.67 Å². The molecule has 0 aliphatic carbocycles. The molecule has 1 unspecified atom stereocenters. The number of hydrogen-bond acceptors (Lipinski definition) is 5. The highest BCUT2D eigenvalue weighted by Crippen LogP contribution is 2.21. The molecule has 2 heterocycles. The van der Waals surface area contributed by atoms with Crippen LogP contribution in [0.5, 0.6) is 0 Å². The van der Waals surface area contributed by atoms with E-state index in [0.717, 1.165) is 30.2 Å². The third-order valence-electron chi connectivity index (χ3n) is 4.71. The average molecular weight is 421 g/mol. The number of aliphatic imine (C=N–C) groups is 1. The Balaban J connectivity index is 1.63. The number of aryl methyl sites for hydroxylation is 1. The van der Waals surface area contributed by atoms with Gasteiger partial charge in [0.2, 0.25) is 10.0 Å². The molecule has 0 bridgehead atoms. The molecule has 0 radical (unpaired) electrons. The Morgan fingerprint density at radius 2 is 2.14 bits per heavy atom. The van der Waals surface area contributed by atoms with Gasteiger partial charge in [0.25, 0.3) is 0 Å². The highest BCUT2D eigenvalue weighted by Gasteiger charge is 2.25. The summed E-state index contributed by atoms with van der Waals surface area (Å²) in [5.74, 6) is 0.853. The fourth-order valence-corrected chi connectivity index (χ4v) is 3.73. The first kappa shape index (κ1) is 21.3. The van der Waals surface area contributed by atoms with Gasteiger partial charge in [0.15, 0.2) is 5.96 Å². The second-order valence-electron chi connectivity index (χ2n) is 6.93. The van der Waals surface area contributed by atoms with Gasteiger partial charge in [-0.05, 0) is 31.0 Å². The number of primary sulfonamides is 1. The lowest BCUT2D eigenvalue weighted by molar-refractivity contribution is -0.00803. The number of hydrogen-bond donors (Lipinski definition) is 2. The Morgan fingerprint density at radius 3 is 2.76 bits per heavy atom. The highest BCUT2D eigenvalue weighted by molar-refractivity contribution is 7.89. The van der Waals surface area contributed by atoms with Gasteiger partial charge in [0.1, 0.15) is 6.10 Å². The summed E-state index contributed by atoms with van der Waals surface area (Å²) in [5, 5.41) is 12.7. The van der Waals surface area contributed by atoms with Crippen molar-refractivity contribution in [1.82, 2.24) is 20.0 Å². The largest absolute Gasteiger partial charge is 0.370 e. The number of morpholine rings is 1. The van der Waals surface area contributed by atoms with Crippen molar-refractivity contribution in [2.24, 2.45) is 17.2 Å². The SMILES string of the molecule is CCNC(=NCCc1ccc(S(N)(=O)=O)cc1)N1CCOC(c2cnn(C)c2)C1. The maximum atomic E-state index is 11.4.